The van der Waals surface area contributed by atoms with Crippen LogP contribution in [-0.2, 0) is 14.3 Å². The van der Waals surface area contributed by atoms with E-state index in [0.29, 0.717) is 18.7 Å². The van der Waals surface area contributed by atoms with Crippen LogP contribution in [0.15, 0.2) is 24.3 Å². The van der Waals surface area contributed by atoms with Gasteiger partial charge in [-0.1, -0.05) is 19.9 Å². The van der Waals surface area contributed by atoms with Crippen LogP contribution in [0.4, 0.5) is 5.69 Å². The number of hydrogen-bond acceptors (Lipinski definition) is 5. The number of benzene rings is 1. The second-order valence-corrected chi connectivity index (χ2v) is 9.52. The van der Waals surface area contributed by atoms with E-state index in [1.54, 1.807) is 36.0 Å². The van der Waals surface area contributed by atoms with Crippen LogP contribution in [0, 0.1) is 0 Å². The highest BCUT2D eigenvalue weighted by molar-refractivity contribution is 5.98. The first-order valence-corrected chi connectivity index (χ1v) is 12.2. The molecule has 0 radical (unpaired) electrons. The average molecular weight is 477 g/mol. The quantitative estimate of drug-likeness (QED) is 0.660. The minimum atomic E-state index is -0.107. The normalized spacial score (nSPS) is 16.8. The summed E-state index contributed by atoms with van der Waals surface area (Å²) in [4.78, 5) is 41.3. The Labute approximate surface area is 205 Å². The molecule has 1 aromatic carbocycles. The maximum absolute atomic E-state index is 12.5. The van der Waals surface area contributed by atoms with Crippen molar-refractivity contribution in [3.63, 3.8) is 0 Å². The minimum Gasteiger partial charge on any atom is -0.379 e. The van der Waals surface area contributed by atoms with Crippen molar-refractivity contribution in [1.29, 1.82) is 0 Å². The number of likely N-dealkylation sites (N-methyl/N-ethyl adjacent to an activating group) is 1. The number of hydrogen-bond donors (Lipinski definition) is 1. The maximum Gasteiger partial charge on any atom is 0.251 e. The molecule has 1 aromatic rings. The molecule has 8 nitrogen and oxygen atoms in total. The molecule has 2 saturated heterocycles. The van der Waals surface area contributed by atoms with Crippen molar-refractivity contribution >= 4 is 23.9 Å². The fraction of sp³-hybridized carbons (Fsp3) is 0.654. The summed E-state index contributed by atoms with van der Waals surface area (Å²) in [5, 5.41) is 3.02. The van der Waals surface area contributed by atoms with Crippen molar-refractivity contribution in [2.45, 2.75) is 72.1 Å². The van der Waals surface area contributed by atoms with Crippen LogP contribution in [0.25, 0.3) is 0 Å². The van der Waals surface area contributed by atoms with Gasteiger partial charge in [0.2, 0.25) is 12.3 Å². The van der Waals surface area contributed by atoms with Gasteiger partial charge in [0.25, 0.3) is 5.91 Å². The molecule has 192 valence electrons. The molecule has 0 aromatic heterocycles. The Kier molecular flexibility index (Phi) is 12.2. The van der Waals surface area contributed by atoms with E-state index in [2.05, 4.69) is 10.2 Å². The van der Waals surface area contributed by atoms with Crippen molar-refractivity contribution in [2.24, 2.45) is 0 Å². The van der Waals surface area contributed by atoms with E-state index in [9.17, 15) is 14.4 Å². The molecule has 0 unspecified atom stereocenters. The van der Waals surface area contributed by atoms with Crippen LogP contribution in [0.3, 0.4) is 0 Å². The van der Waals surface area contributed by atoms with Crippen molar-refractivity contribution in [1.82, 2.24) is 15.1 Å². The van der Waals surface area contributed by atoms with Crippen molar-refractivity contribution in [2.75, 3.05) is 45.2 Å². The number of carbonyl (C=O) groups is 3. The number of ether oxygens (including phenoxy) is 1. The minimum absolute atomic E-state index is 0.0417. The summed E-state index contributed by atoms with van der Waals surface area (Å²) in [5.74, 6) is -0.156. The topological polar surface area (TPSA) is 82.2 Å². The molecule has 2 heterocycles. The lowest BCUT2D eigenvalue weighted by atomic mass is 10.0. The Hall–Kier alpha value is -2.45. The van der Waals surface area contributed by atoms with Gasteiger partial charge in [0.15, 0.2) is 0 Å². The number of anilines is 1. The van der Waals surface area contributed by atoms with Gasteiger partial charge in [0, 0.05) is 57.5 Å². The Morgan fingerprint density at radius 3 is 2.15 bits per heavy atom. The molecule has 2 aliphatic rings. The van der Waals surface area contributed by atoms with Gasteiger partial charge in [-0.25, -0.2) is 0 Å². The summed E-state index contributed by atoms with van der Waals surface area (Å²) >= 11 is 0. The smallest absolute Gasteiger partial charge is 0.251 e. The summed E-state index contributed by atoms with van der Waals surface area (Å²) in [7, 11) is 3.73. The predicted octanol–water partition coefficient (Wildman–Crippen LogP) is 3.16. The molecule has 0 saturated carbocycles. The Balaban J connectivity index is 0.000000631. The zero-order valence-electron chi connectivity index (χ0n) is 22.3. The lowest BCUT2D eigenvalue weighted by Crippen LogP contribution is -2.57. The van der Waals surface area contributed by atoms with E-state index in [4.69, 9.17) is 4.74 Å². The lowest BCUT2D eigenvalue weighted by Gasteiger charge is -2.37. The Morgan fingerprint density at radius 2 is 1.71 bits per heavy atom. The van der Waals surface area contributed by atoms with Gasteiger partial charge < -0.3 is 24.8 Å². The number of amides is 3. The second-order valence-electron chi connectivity index (χ2n) is 9.52. The van der Waals surface area contributed by atoms with E-state index >= 15 is 0 Å². The SMILES string of the molecule is CC.CC(=O)N(c1cccc(C(=O)NC2CN(C)C2)c1)C1CCN(C=O)CC1.COC(C)(C)C. The third-order valence-corrected chi connectivity index (χ3v) is 5.75. The van der Waals surface area contributed by atoms with Gasteiger partial charge in [-0.3, -0.25) is 14.4 Å². The Bertz CT molecular complexity index is 779. The van der Waals surface area contributed by atoms with Crippen LogP contribution in [-0.4, -0.2) is 86.0 Å². The highest BCUT2D eigenvalue weighted by Crippen LogP contribution is 2.25. The van der Waals surface area contributed by atoms with E-state index in [1.165, 1.54) is 0 Å². The number of nitrogens with zero attached hydrogens (tertiary/aromatic N) is 3. The van der Waals surface area contributed by atoms with Crippen LogP contribution >= 0.6 is 0 Å². The third kappa shape index (κ3) is 9.43. The van der Waals surface area contributed by atoms with Crippen molar-refractivity contribution in [3.05, 3.63) is 29.8 Å². The molecule has 2 fully saturated rings. The molecule has 3 amide bonds. The van der Waals surface area contributed by atoms with Crippen LogP contribution < -0.4 is 10.2 Å². The first-order chi connectivity index (χ1) is 16.0. The van der Waals surface area contributed by atoms with Gasteiger partial charge in [0.1, 0.15) is 0 Å². The molecular weight excluding hydrogens is 432 g/mol. The average Bonchev–Trinajstić information content (AvgIpc) is 2.80. The number of methoxy groups -OCH3 is 1. The second kappa shape index (κ2) is 14.1. The molecule has 0 spiro atoms. The van der Waals surface area contributed by atoms with Crippen LogP contribution in [0.2, 0.25) is 0 Å². The monoisotopic (exact) mass is 476 g/mol. The standard InChI is InChI=1S/C19H26N4O3.C5H12O.C2H6/c1-14(25)23(17-6-8-22(13-24)9-7-17)18-5-3-4-15(10-18)19(26)20-16-11-21(2)12-16;1-5(2,3)6-4;1-2/h3-5,10,13,16-17H,6-9,11-12H2,1-2H3,(H,20,26);1-4H3;1-2H3. The Morgan fingerprint density at radius 1 is 1.15 bits per heavy atom. The zero-order valence-corrected chi connectivity index (χ0v) is 22.3. The molecule has 34 heavy (non-hydrogen) atoms. The summed E-state index contributed by atoms with van der Waals surface area (Å²) in [5.41, 5.74) is 1.34. The first-order valence-electron chi connectivity index (χ1n) is 12.2. The number of piperidine rings is 1. The largest absolute Gasteiger partial charge is 0.379 e. The van der Waals surface area contributed by atoms with E-state index < -0.39 is 0 Å². The maximum atomic E-state index is 12.5. The number of carbonyl (C=O) groups excluding carboxylic acids is 3. The summed E-state index contributed by atoms with van der Waals surface area (Å²) in [6, 6.07) is 7.46. The van der Waals surface area contributed by atoms with Gasteiger partial charge in [-0.15, -0.1) is 0 Å². The number of rotatable bonds is 5. The third-order valence-electron chi connectivity index (χ3n) is 5.75. The van der Waals surface area contributed by atoms with Crippen molar-refractivity contribution < 1.29 is 19.1 Å². The molecule has 1 N–H and O–H groups in total. The summed E-state index contributed by atoms with van der Waals surface area (Å²) in [6.07, 6.45) is 2.34. The van der Waals surface area contributed by atoms with E-state index in [0.717, 1.165) is 38.0 Å². The highest BCUT2D eigenvalue weighted by atomic mass is 16.5. The molecule has 0 atom stereocenters. The predicted molar refractivity (Wildman–Crippen MR) is 137 cm³/mol. The van der Waals surface area contributed by atoms with Crippen molar-refractivity contribution in [3.8, 4) is 0 Å². The number of nitrogens with one attached hydrogen (secondary N) is 1. The van der Waals surface area contributed by atoms with Gasteiger partial charge >= 0.3 is 0 Å². The zero-order chi connectivity index (χ0) is 25.9. The van der Waals surface area contributed by atoms with Gasteiger partial charge in [0.05, 0.1) is 11.6 Å². The van der Waals surface area contributed by atoms with E-state index in [-0.39, 0.29) is 29.5 Å². The highest BCUT2D eigenvalue weighted by Gasteiger charge is 2.28. The molecule has 8 heteroatoms. The number of likely N-dealkylation sites (tertiary alicyclic amines) is 2. The summed E-state index contributed by atoms with van der Waals surface area (Å²) in [6.45, 7) is 14.6. The fourth-order valence-electron chi connectivity index (χ4n) is 3.76. The molecule has 0 bridgehead atoms. The van der Waals surface area contributed by atoms with Gasteiger partial charge in [-0.2, -0.15) is 0 Å². The van der Waals surface area contributed by atoms with E-state index in [1.807, 2.05) is 53.8 Å². The van der Waals surface area contributed by atoms with Crippen LogP contribution in [0.1, 0.15) is 64.7 Å². The molecule has 3 rings (SSSR count). The molecule has 0 aliphatic carbocycles. The fourth-order valence-corrected chi connectivity index (χ4v) is 3.76. The van der Waals surface area contributed by atoms with Gasteiger partial charge in [-0.05, 0) is 58.9 Å². The lowest BCUT2D eigenvalue weighted by molar-refractivity contribution is -0.119. The molecular formula is C26H44N4O4. The van der Waals surface area contributed by atoms with Crippen LogP contribution in [0.5, 0.6) is 0 Å². The first kappa shape index (κ1) is 29.6. The summed E-state index contributed by atoms with van der Waals surface area (Å²) < 4.78 is 4.94. The molecule has 2 aliphatic heterocycles.